The number of benzene rings is 2. The number of nitrogens with one attached hydrogen (secondary N) is 2. The summed E-state index contributed by atoms with van der Waals surface area (Å²) in [4.78, 5) is 24.3. The monoisotopic (exact) mass is 498 g/mol. The molecule has 0 radical (unpaired) electrons. The second-order valence-electron chi connectivity index (χ2n) is 9.08. The van der Waals surface area contributed by atoms with Gasteiger partial charge in [0, 0.05) is 35.1 Å². The van der Waals surface area contributed by atoms with Crippen LogP contribution in [0.1, 0.15) is 50.9 Å². The number of aromatic amines is 1. The van der Waals surface area contributed by atoms with Crippen LogP contribution >= 0.6 is 11.3 Å². The summed E-state index contributed by atoms with van der Waals surface area (Å²) in [5.41, 5.74) is 5.09. The Kier molecular flexibility index (Phi) is 7.30. The van der Waals surface area contributed by atoms with Crippen LogP contribution in [-0.4, -0.2) is 27.3 Å². The Morgan fingerprint density at radius 2 is 1.92 bits per heavy atom. The molecule has 0 aliphatic rings. The van der Waals surface area contributed by atoms with Gasteiger partial charge in [-0.1, -0.05) is 48.5 Å². The van der Waals surface area contributed by atoms with Crippen molar-refractivity contribution in [3.05, 3.63) is 112 Å². The molecule has 0 aliphatic carbocycles. The summed E-state index contributed by atoms with van der Waals surface area (Å²) in [6.45, 7) is 6.28. The number of hydrogen-bond acceptors (Lipinski definition) is 5. The van der Waals surface area contributed by atoms with E-state index in [4.69, 9.17) is 4.42 Å². The summed E-state index contributed by atoms with van der Waals surface area (Å²) >= 11 is 1.77. The van der Waals surface area contributed by atoms with E-state index in [0.29, 0.717) is 18.1 Å². The van der Waals surface area contributed by atoms with Crippen LogP contribution in [0.2, 0.25) is 0 Å². The van der Waals surface area contributed by atoms with E-state index in [-0.39, 0.29) is 11.9 Å². The fourth-order valence-corrected chi connectivity index (χ4v) is 5.32. The van der Waals surface area contributed by atoms with Gasteiger partial charge in [0.05, 0.1) is 12.6 Å². The molecule has 0 fully saturated rings. The van der Waals surface area contributed by atoms with Crippen molar-refractivity contribution < 1.29 is 9.21 Å². The molecule has 0 saturated heterocycles. The van der Waals surface area contributed by atoms with Gasteiger partial charge in [0.2, 0.25) is 5.89 Å². The first-order chi connectivity index (χ1) is 17.6. The molecule has 0 aliphatic heterocycles. The van der Waals surface area contributed by atoms with Crippen LogP contribution in [0.25, 0.3) is 10.9 Å². The minimum absolute atomic E-state index is 0.117. The van der Waals surface area contributed by atoms with Crippen LogP contribution in [-0.2, 0) is 19.5 Å². The minimum atomic E-state index is -0.235. The summed E-state index contributed by atoms with van der Waals surface area (Å²) in [5, 5.41) is 6.39. The number of H-pyrrole nitrogens is 1. The Balaban J connectivity index is 1.27. The molecule has 6 nitrogen and oxygen atoms in total. The Labute approximate surface area is 215 Å². The first-order valence-corrected chi connectivity index (χ1v) is 13.1. The smallest absolute Gasteiger partial charge is 0.273 e. The third-order valence-electron chi connectivity index (χ3n) is 6.50. The minimum Gasteiger partial charge on any atom is -0.447 e. The number of oxazole rings is 1. The van der Waals surface area contributed by atoms with Crippen LogP contribution < -0.4 is 5.32 Å². The first-order valence-electron chi connectivity index (χ1n) is 12.2. The fraction of sp³-hybridized carbons (Fsp3) is 0.241. The SMILES string of the molecule is Cc1ccsc1CN(CCc1c[nH]c2ccccc12)Cc1nc(C(=O)N[C@H](C)c2ccccc2)co1. The Morgan fingerprint density at radius 1 is 1.11 bits per heavy atom. The van der Waals surface area contributed by atoms with Gasteiger partial charge in [-0.2, -0.15) is 0 Å². The van der Waals surface area contributed by atoms with Crippen LogP contribution in [0.5, 0.6) is 0 Å². The van der Waals surface area contributed by atoms with Gasteiger partial charge in [-0.25, -0.2) is 4.98 Å². The van der Waals surface area contributed by atoms with E-state index in [1.807, 2.05) is 43.3 Å². The summed E-state index contributed by atoms with van der Waals surface area (Å²) in [6.07, 6.45) is 4.45. The molecule has 0 saturated carbocycles. The number of rotatable bonds is 10. The lowest BCUT2D eigenvalue weighted by atomic mass is 10.1. The average molecular weight is 499 g/mol. The second-order valence-corrected chi connectivity index (χ2v) is 10.1. The molecule has 2 aromatic carbocycles. The van der Waals surface area contributed by atoms with E-state index >= 15 is 0 Å². The Hall–Kier alpha value is -3.68. The zero-order chi connectivity index (χ0) is 24.9. The summed E-state index contributed by atoms with van der Waals surface area (Å²) in [7, 11) is 0. The highest BCUT2D eigenvalue weighted by Gasteiger charge is 2.18. The van der Waals surface area contributed by atoms with Crippen molar-refractivity contribution in [3.8, 4) is 0 Å². The van der Waals surface area contributed by atoms with Crippen molar-refractivity contribution in [1.82, 2.24) is 20.2 Å². The molecular formula is C29H30N4O2S. The van der Waals surface area contributed by atoms with E-state index in [9.17, 15) is 4.79 Å². The highest BCUT2D eigenvalue weighted by Crippen LogP contribution is 2.22. The standard InChI is InChI=1S/C29H30N4O2S/c1-20-13-15-36-27(20)17-33(14-12-23-16-30-25-11-7-6-10-24(23)25)18-28-32-26(19-35-28)29(34)31-21(2)22-8-4-3-5-9-22/h3-11,13,15-16,19,21,30H,12,14,17-18H2,1-2H3,(H,31,34)/t21-/m1/s1. The topological polar surface area (TPSA) is 74.2 Å². The largest absolute Gasteiger partial charge is 0.447 e. The lowest BCUT2D eigenvalue weighted by Gasteiger charge is -2.20. The van der Waals surface area contributed by atoms with Gasteiger partial charge in [-0.05, 0) is 54.5 Å². The number of nitrogens with zero attached hydrogens (tertiary/aromatic N) is 2. The van der Waals surface area contributed by atoms with Crippen molar-refractivity contribution >= 4 is 28.1 Å². The van der Waals surface area contributed by atoms with E-state index in [1.165, 1.54) is 27.7 Å². The predicted octanol–water partition coefficient (Wildman–Crippen LogP) is 6.26. The van der Waals surface area contributed by atoms with Gasteiger partial charge in [-0.3, -0.25) is 9.69 Å². The Bertz CT molecular complexity index is 1440. The van der Waals surface area contributed by atoms with E-state index in [2.05, 4.69) is 63.0 Å². The van der Waals surface area contributed by atoms with Crippen molar-refractivity contribution in [2.75, 3.05) is 6.54 Å². The molecule has 5 aromatic rings. The van der Waals surface area contributed by atoms with Crippen LogP contribution in [0, 0.1) is 6.92 Å². The van der Waals surface area contributed by atoms with E-state index < -0.39 is 0 Å². The van der Waals surface area contributed by atoms with Crippen molar-refractivity contribution in [1.29, 1.82) is 0 Å². The number of para-hydroxylation sites is 1. The maximum atomic E-state index is 12.8. The molecule has 1 amide bonds. The first kappa shape index (κ1) is 24.0. The molecule has 184 valence electrons. The van der Waals surface area contributed by atoms with Crippen LogP contribution in [0.4, 0.5) is 0 Å². The molecule has 0 unspecified atom stereocenters. The summed E-state index contributed by atoms with van der Waals surface area (Å²) < 4.78 is 5.74. The van der Waals surface area contributed by atoms with Gasteiger partial charge in [-0.15, -0.1) is 11.3 Å². The van der Waals surface area contributed by atoms with Gasteiger partial charge in [0.1, 0.15) is 6.26 Å². The van der Waals surface area contributed by atoms with Crippen molar-refractivity contribution in [3.63, 3.8) is 0 Å². The lowest BCUT2D eigenvalue weighted by molar-refractivity contribution is 0.0934. The number of amides is 1. The van der Waals surface area contributed by atoms with Gasteiger partial charge in [0.15, 0.2) is 5.69 Å². The highest BCUT2D eigenvalue weighted by atomic mass is 32.1. The molecule has 0 bridgehead atoms. The van der Waals surface area contributed by atoms with Crippen molar-refractivity contribution in [2.45, 2.75) is 39.4 Å². The number of fused-ring (bicyclic) bond motifs is 1. The summed E-state index contributed by atoms with van der Waals surface area (Å²) in [5.74, 6) is 0.307. The molecular weight excluding hydrogens is 468 g/mol. The molecule has 7 heteroatoms. The van der Waals surface area contributed by atoms with Crippen molar-refractivity contribution in [2.24, 2.45) is 0 Å². The number of carbonyl (C=O) groups is 1. The second kappa shape index (κ2) is 10.9. The maximum absolute atomic E-state index is 12.8. The zero-order valence-electron chi connectivity index (χ0n) is 20.5. The van der Waals surface area contributed by atoms with Crippen LogP contribution in [0.15, 0.2) is 82.9 Å². The highest BCUT2D eigenvalue weighted by molar-refractivity contribution is 7.10. The quantitative estimate of drug-likeness (QED) is 0.238. The fourth-order valence-electron chi connectivity index (χ4n) is 4.37. The van der Waals surface area contributed by atoms with Crippen LogP contribution in [0.3, 0.4) is 0 Å². The molecule has 3 heterocycles. The lowest BCUT2D eigenvalue weighted by Crippen LogP contribution is -2.27. The number of aryl methyl sites for hydroxylation is 1. The molecule has 5 rings (SSSR count). The van der Waals surface area contributed by atoms with Gasteiger partial charge < -0.3 is 14.7 Å². The maximum Gasteiger partial charge on any atom is 0.273 e. The molecule has 1 atom stereocenters. The number of aromatic nitrogens is 2. The normalized spacial score (nSPS) is 12.3. The number of thiophene rings is 1. The zero-order valence-corrected chi connectivity index (χ0v) is 21.3. The molecule has 36 heavy (non-hydrogen) atoms. The summed E-state index contributed by atoms with van der Waals surface area (Å²) in [6, 6.07) is 20.3. The van der Waals surface area contributed by atoms with E-state index in [0.717, 1.165) is 30.6 Å². The number of carbonyl (C=O) groups excluding carboxylic acids is 1. The van der Waals surface area contributed by atoms with Gasteiger partial charge >= 0.3 is 0 Å². The average Bonchev–Trinajstić information content (AvgIpc) is 3.64. The molecule has 0 spiro atoms. The van der Waals surface area contributed by atoms with E-state index in [1.54, 1.807) is 11.3 Å². The Morgan fingerprint density at radius 3 is 2.72 bits per heavy atom. The molecule has 3 aromatic heterocycles. The van der Waals surface area contributed by atoms with Gasteiger partial charge in [0.25, 0.3) is 5.91 Å². The molecule has 2 N–H and O–H groups in total. The third kappa shape index (κ3) is 5.58. The third-order valence-corrected chi connectivity index (χ3v) is 7.51. The predicted molar refractivity (Wildman–Crippen MR) is 144 cm³/mol. The number of hydrogen-bond donors (Lipinski definition) is 2.